The molecule has 2 fully saturated rings. The smallest absolute Gasteiger partial charge is 0.220 e. The van der Waals surface area contributed by atoms with Gasteiger partial charge in [-0.15, -0.1) is 0 Å². The molecule has 0 spiro atoms. The number of fused-ring (bicyclic) bond motifs is 2. The molecule has 3 heteroatoms. The highest BCUT2D eigenvalue weighted by atomic mass is 16.2. The summed E-state index contributed by atoms with van der Waals surface area (Å²) in [5.74, 6) is 2.56. The van der Waals surface area contributed by atoms with Crippen molar-refractivity contribution in [1.82, 2.24) is 5.32 Å². The Morgan fingerprint density at radius 3 is 2.53 bits per heavy atom. The topological polar surface area (TPSA) is 46.2 Å². The van der Waals surface area contributed by atoms with Crippen LogP contribution in [0.15, 0.2) is 0 Å². The average molecular weight is 237 g/mol. The number of Topliss-reactive ketones (excluding diaryl/α,β-unsaturated/α-hetero) is 1. The summed E-state index contributed by atoms with van der Waals surface area (Å²) in [6.45, 7) is 3.66. The Hall–Kier alpha value is -0.860. The van der Waals surface area contributed by atoms with Gasteiger partial charge in [0.15, 0.2) is 0 Å². The van der Waals surface area contributed by atoms with Gasteiger partial charge in [-0.05, 0) is 50.9 Å². The maximum absolute atomic E-state index is 11.7. The number of ketones is 1. The van der Waals surface area contributed by atoms with E-state index in [0.29, 0.717) is 18.8 Å². The van der Waals surface area contributed by atoms with Gasteiger partial charge in [0.1, 0.15) is 5.78 Å². The van der Waals surface area contributed by atoms with Crippen molar-refractivity contribution in [2.24, 2.45) is 17.8 Å². The molecule has 17 heavy (non-hydrogen) atoms. The van der Waals surface area contributed by atoms with E-state index in [2.05, 4.69) is 12.2 Å². The molecule has 0 radical (unpaired) electrons. The molecule has 1 amide bonds. The monoisotopic (exact) mass is 237 g/mol. The maximum Gasteiger partial charge on any atom is 0.220 e. The second-order valence-corrected chi connectivity index (χ2v) is 5.90. The van der Waals surface area contributed by atoms with E-state index in [-0.39, 0.29) is 17.7 Å². The minimum absolute atomic E-state index is 0.0375. The second kappa shape index (κ2) is 5.19. The molecule has 3 nitrogen and oxygen atoms in total. The minimum atomic E-state index is 0.0375. The molecule has 2 rings (SSSR count). The molecule has 0 aliphatic heterocycles. The number of nitrogens with one attached hydrogen (secondary N) is 1. The molecule has 0 heterocycles. The van der Waals surface area contributed by atoms with Crippen molar-refractivity contribution < 1.29 is 9.59 Å². The molecular weight excluding hydrogens is 214 g/mol. The van der Waals surface area contributed by atoms with Crippen molar-refractivity contribution in [1.29, 1.82) is 0 Å². The quantitative estimate of drug-likeness (QED) is 0.797. The van der Waals surface area contributed by atoms with Gasteiger partial charge in [-0.3, -0.25) is 4.79 Å². The van der Waals surface area contributed by atoms with E-state index in [0.717, 1.165) is 11.8 Å². The predicted octanol–water partition coefficient (Wildman–Crippen LogP) is 2.30. The lowest BCUT2D eigenvalue weighted by Gasteiger charge is -2.28. The first-order chi connectivity index (χ1) is 8.06. The molecule has 4 unspecified atom stereocenters. The van der Waals surface area contributed by atoms with Gasteiger partial charge in [0.05, 0.1) is 0 Å². The van der Waals surface area contributed by atoms with Gasteiger partial charge >= 0.3 is 0 Å². The Kier molecular flexibility index (Phi) is 3.85. The van der Waals surface area contributed by atoms with Crippen molar-refractivity contribution in [3.8, 4) is 0 Å². The fraction of sp³-hybridized carbons (Fsp3) is 0.857. The third kappa shape index (κ3) is 3.08. The van der Waals surface area contributed by atoms with E-state index in [1.54, 1.807) is 0 Å². The van der Waals surface area contributed by atoms with Crippen molar-refractivity contribution in [3.63, 3.8) is 0 Å². The zero-order valence-corrected chi connectivity index (χ0v) is 10.9. The molecule has 0 aromatic carbocycles. The Morgan fingerprint density at radius 2 is 2.00 bits per heavy atom. The van der Waals surface area contributed by atoms with Crippen LogP contribution in [0, 0.1) is 17.8 Å². The van der Waals surface area contributed by atoms with Crippen LogP contribution in [-0.2, 0) is 9.59 Å². The summed E-state index contributed by atoms with van der Waals surface area (Å²) in [6.07, 6.45) is 6.13. The third-order valence-electron chi connectivity index (χ3n) is 4.53. The van der Waals surface area contributed by atoms with E-state index in [1.165, 1.54) is 32.6 Å². The lowest BCUT2D eigenvalue weighted by Crippen LogP contribution is -2.40. The first kappa shape index (κ1) is 12.6. The SMILES string of the molecule is CC(=O)CCC(=O)NC(C)C1CC2CCC1C2. The maximum atomic E-state index is 11.7. The summed E-state index contributed by atoms with van der Waals surface area (Å²) in [7, 11) is 0. The molecule has 1 N–H and O–H groups in total. The van der Waals surface area contributed by atoms with Crippen LogP contribution in [0.5, 0.6) is 0 Å². The first-order valence-electron chi connectivity index (χ1n) is 6.85. The first-order valence-corrected chi connectivity index (χ1v) is 6.85. The summed E-state index contributed by atoms with van der Waals surface area (Å²) < 4.78 is 0. The number of hydrogen-bond donors (Lipinski definition) is 1. The average Bonchev–Trinajstić information content (AvgIpc) is 2.87. The molecular formula is C14H23NO2. The van der Waals surface area contributed by atoms with Crippen molar-refractivity contribution in [2.45, 2.75) is 58.4 Å². The highest BCUT2D eigenvalue weighted by molar-refractivity contribution is 5.83. The molecule has 0 aromatic heterocycles. The van der Waals surface area contributed by atoms with Crippen LogP contribution in [0.25, 0.3) is 0 Å². The van der Waals surface area contributed by atoms with Gasteiger partial charge < -0.3 is 10.1 Å². The van der Waals surface area contributed by atoms with E-state index in [9.17, 15) is 9.59 Å². The van der Waals surface area contributed by atoms with Crippen LogP contribution in [0.2, 0.25) is 0 Å². The molecule has 4 atom stereocenters. The molecule has 96 valence electrons. The largest absolute Gasteiger partial charge is 0.353 e. The minimum Gasteiger partial charge on any atom is -0.353 e. The highest BCUT2D eigenvalue weighted by Crippen LogP contribution is 2.49. The van der Waals surface area contributed by atoms with Crippen LogP contribution >= 0.6 is 0 Å². The third-order valence-corrected chi connectivity index (χ3v) is 4.53. The lowest BCUT2D eigenvalue weighted by molar-refractivity contribution is -0.125. The van der Waals surface area contributed by atoms with Crippen LogP contribution in [0.3, 0.4) is 0 Å². The number of carbonyl (C=O) groups excluding carboxylic acids is 2. The fourth-order valence-electron chi connectivity index (χ4n) is 3.63. The van der Waals surface area contributed by atoms with Crippen molar-refractivity contribution in [2.75, 3.05) is 0 Å². The zero-order valence-electron chi connectivity index (χ0n) is 10.9. The molecule has 2 aliphatic carbocycles. The standard InChI is InChI=1S/C14H23NO2/c1-9(16)3-6-14(17)15-10(2)13-8-11-4-5-12(13)7-11/h10-13H,3-8H2,1-2H3,(H,15,17). The van der Waals surface area contributed by atoms with Crippen LogP contribution in [0.4, 0.5) is 0 Å². The molecule has 2 saturated carbocycles. The zero-order chi connectivity index (χ0) is 12.4. The summed E-state index contributed by atoms with van der Waals surface area (Å²) >= 11 is 0. The van der Waals surface area contributed by atoms with Crippen LogP contribution < -0.4 is 5.32 Å². The molecule has 0 saturated heterocycles. The Balaban J connectivity index is 1.75. The highest BCUT2D eigenvalue weighted by Gasteiger charge is 2.41. The summed E-state index contributed by atoms with van der Waals surface area (Å²) in [6, 6.07) is 0.282. The Labute approximate surface area is 103 Å². The number of amides is 1. The van der Waals surface area contributed by atoms with Crippen molar-refractivity contribution in [3.05, 3.63) is 0 Å². The Morgan fingerprint density at radius 1 is 1.24 bits per heavy atom. The van der Waals surface area contributed by atoms with E-state index in [1.807, 2.05) is 0 Å². The second-order valence-electron chi connectivity index (χ2n) is 5.90. The van der Waals surface area contributed by atoms with E-state index >= 15 is 0 Å². The van der Waals surface area contributed by atoms with Crippen molar-refractivity contribution >= 4 is 11.7 Å². The van der Waals surface area contributed by atoms with Gasteiger partial charge in [-0.25, -0.2) is 0 Å². The summed E-state index contributed by atoms with van der Waals surface area (Å²) in [4.78, 5) is 22.5. The van der Waals surface area contributed by atoms with Gasteiger partial charge in [0.25, 0.3) is 0 Å². The summed E-state index contributed by atoms with van der Waals surface area (Å²) in [5.41, 5.74) is 0. The van der Waals surface area contributed by atoms with Crippen LogP contribution in [-0.4, -0.2) is 17.7 Å². The van der Waals surface area contributed by atoms with Gasteiger partial charge in [-0.1, -0.05) is 6.42 Å². The van der Waals surface area contributed by atoms with Gasteiger partial charge in [0, 0.05) is 18.9 Å². The summed E-state index contributed by atoms with van der Waals surface area (Å²) in [5, 5.41) is 3.07. The van der Waals surface area contributed by atoms with Crippen LogP contribution in [0.1, 0.15) is 52.4 Å². The molecule has 2 bridgehead atoms. The molecule has 2 aliphatic rings. The Bertz CT molecular complexity index is 313. The normalized spacial score (nSPS) is 32.5. The number of hydrogen-bond acceptors (Lipinski definition) is 2. The van der Waals surface area contributed by atoms with Gasteiger partial charge in [0.2, 0.25) is 5.91 Å². The molecule has 0 aromatic rings. The lowest BCUT2D eigenvalue weighted by atomic mass is 9.84. The number of rotatable bonds is 5. The van der Waals surface area contributed by atoms with E-state index < -0.39 is 0 Å². The number of carbonyl (C=O) groups is 2. The van der Waals surface area contributed by atoms with E-state index in [4.69, 9.17) is 0 Å². The predicted molar refractivity (Wildman–Crippen MR) is 66.5 cm³/mol. The van der Waals surface area contributed by atoms with Gasteiger partial charge in [-0.2, -0.15) is 0 Å². The fourth-order valence-corrected chi connectivity index (χ4v) is 3.63.